The van der Waals surface area contributed by atoms with Gasteiger partial charge in [-0.1, -0.05) is 13.8 Å². The van der Waals surface area contributed by atoms with E-state index >= 15 is 0 Å². The Morgan fingerprint density at radius 2 is 2.33 bits per heavy atom. The van der Waals surface area contributed by atoms with E-state index in [1.807, 2.05) is 6.07 Å². The summed E-state index contributed by atoms with van der Waals surface area (Å²) in [6.07, 6.45) is 3.77. The molecule has 0 amide bonds. The normalized spacial score (nSPS) is 29.9. The molecule has 1 saturated heterocycles. The summed E-state index contributed by atoms with van der Waals surface area (Å²) in [5, 5.41) is 8.90. The van der Waals surface area contributed by atoms with Crippen LogP contribution in [-0.4, -0.2) is 29.4 Å². The quantitative estimate of drug-likeness (QED) is 0.783. The van der Waals surface area contributed by atoms with E-state index in [2.05, 4.69) is 13.8 Å². The number of fused-ring (bicyclic) bond motifs is 1. The molecule has 1 aromatic rings. The van der Waals surface area contributed by atoms with Crippen molar-refractivity contribution in [3.63, 3.8) is 0 Å². The van der Waals surface area contributed by atoms with Crippen LogP contribution in [0.15, 0.2) is 12.3 Å². The number of ether oxygens (including phenoxy) is 2. The average Bonchev–Trinajstić information content (AvgIpc) is 2.86. The van der Waals surface area contributed by atoms with Crippen molar-refractivity contribution < 1.29 is 14.3 Å². The van der Waals surface area contributed by atoms with E-state index in [9.17, 15) is 4.79 Å². The fourth-order valence-electron chi connectivity index (χ4n) is 3.72. The molecule has 0 bridgehead atoms. The number of nitrogens with zero attached hydrogens (tertiary/aromatic N) is 2. The second kappa shape index (κ2) is 4.88. The largest absolute Gasteiger partial charge is 0.457 e. The van der Waals surface area contributed by atoms with Gasteiger partial charge < -0.3 is 14.0 Å². The minimum Gasteiger partial charge on any atom is -0.457 e. The van der Waals surface area contributed by atoms with Gasteiger partial charge in [-0.25, -0.2) is 4.79 Å². The third kappa shape index (κ3) is 2.14. The van der Waals surface area contributed by atoms with Crippen molar-refractivity contribution in [2.75, 3.05) is 6.61 Å². The van der Waals surface area contributed by atoms with Crippen LogP contribution in [-0.2, 0) is 16.5 Å². The maximum absolute atomic E-state index is 12.4. The molecule has 112 valence electrons. The second-order valence-corrected chi connectivity index (χ2v) is 6.58. The molecule has 1 saturated carbocycles. The first kappa shape index (κ1) is 14.2. The Bertz CT molecular complexity index is 612. The van der Waals surface area contributed by atoms with Gasteiger partial charge in [0.1, 0.15) is 17.9 Å². The van der Waals surface area contributed by atoms with Gasteiger partial charge in [-0.2, -0.15) is 5.26 Å². The van der Waals surface area contributed by atoms with Crippen LogP contribution in [0.25, 0.3) is 0 Å². The molecule has 1 aliphatic heterocycles. The minimum absolute atomic E-state index is 0.115. The van der Waals surface area contributed by atoms with E-state index in [-0.39, 0.29) is 23.6 Å². The van der Waals surface area contributed by atoms with E-state index in [0.717, 1.165) is 19.4 Å². The second-order valence-electron chi connectivity index (χ2n) is 6.58. The summed E-state index contributed by atoms with van der Waals surface area (Å²) in [6, 6.07) is 3.61. The van der Waals surface area contributed by atoms with Crippen molar-refractivity contribution >= 4 is 5.97 Å². The van der Waals surface area contributed by atoms with Crippen LogP contribution >= 0.6 is 0 Å². The van der Waals surface area contributed by atoms with Gasteiger partial charge >= 0.3 is 5.97 Å². The Hall–Kier alpha value is -1.80. The molecule has 0 N–H and O–H groups in total. The lowest BCUT2D eigenvalue weighted by atomic mass is 9.57. The summed E-state index contributed by atoms with van der Waals surface area (Å²) in [5.74, 6) is -0.0606. The Kier molecular flexibility index (Phi) is 3.29. The SMILES string of the molecule is Cn1cc(C#N)cc1C(=O)O[C@@H]1[C@H]2CCCO[C@H]2C1(C)C. The molecule has 0 spiro atoms. The molecule has 2 fully saturated rings. The van der Waals surface area contributed by atoms with Crippen molar-refractivity contribution in [2.45, 2.75) is 38.9 Å². The zero-order valence-electron chi connectivity index (χ0n) is 12.6. The van der Waals surface area contributed by atoms with Crippen molar-refractivity contribution in [3.05, 3.63) is 23.5 Å². The van der Waals surface area contributed by atoms with E-state index < -0.39 is 0 Å². The number of hydrogen-bond donors (Lipinski definition) is 0. The molecule has 5 nitrogen and oxygen atoms in total. The van der Waals surface area contributed by atoms with E-state index in [1.54, 1.807) is 23.9 Å². The van der Waals surface area contributed by atoms with Crippen molar-refractivity contribution in [3.8, 4) is 6.07 Å². The van der Waals surface area contributed by atoms with Gasteiger partial charge in [0.2, 0.25) is 0 Å². The molecule has 2 aliphatic rings. The van der Waals surface area contributed by atoms with Crippen molar-refractivity contribution in [1.82, 2.24) is 4.57 Å². The first-order chi connectivity index (χ1) is 9.95. The smallest absolute Gasteiger partial charge is 0.355 e. The Morgan fingerprint density at radius 3 is 3.00 bits per heavy atom. The summed E-state index contributed by atoms with van der Waals surface area (Å²) in [6.45, 7) is 4.97. The van der Waals surface area contributed by atoms with Crippen LogP contribution in [0.5, 0.6) is 0 Å². The van der Waals surface area contributed by atoms with Crippen LogP contribution < -0.4 is 0 Å². The molecular formula is C16H20N2O3. The van der Waals surface area contributed by atoms with Crippen LogP contribution in [0.3, 0.4) is 0 Å². The first-order valence-electron chi connectivity index (χ1n) is 7.34. The predicted molar refractivity (Wildman–Crippen MR) is 75.6 cm³/mol. The van der Waals surface area contributed by atoms with Gasteiger partial charge in [-0.3, -0.25) is 0 Å². The number of carbonyl (C=O) groups excluding carboxylic acids is 1. The van der Waals surface area contributed by atoms with Crippen LogP contribution in [0.4, 0.5) is 0 Å². The molecule has 0 radical (unpaired) electrons. The predicted octanol–water partition coefficient (Wildman–Crippen LogP) is 2.26. The number of rotatable bonds is 2. The lowest BCUT2D eigenvalue weighted by Gasteiger charge is -2.58. The van der Waals surface area contributed by atoms with Crippen LogP contribution in [0.2, 0.25) is 0 Å². The number of carbonyl (C=O) groups is 1. The van der Waals surface area contributed by atoms with Crippen LogP contribution in [0.1, 0.15) is 42.7 Å². The summed E-state index contributed by atoms with van der Waals surface area (Å²) < 4.78 is 13.2. The van der Waals surface area contributed by atoms with Crippen molar-refractivity contribution in [1.29, 1.82) is 5.26 Å². The Labute approximate surface area is 124 Å². The van der Waals surface area contributed by atoms with Gasteiger partial charge in [-0.15, -0.1) is 0 Å². The first-order valence-corrected chi connectivity index (χ1v) is 7.34. The van der Waals surface area contributed by atoms with Gasteiger partial charge in [0, 0.05) is 31.2 Å². The molecule has 2 heterocycles. The monoisotopic (exact) mass is 288 g/mol. The highest BCUT2D eigenvalue weighted by molar-refractivity contribution is 5.88. The molecule has 1 aliphatic carbocycles. The maximum Gasteiger partial charge on any atom is 0.355 e. The number of aryl methyl sites for hydroxylation is 1. The molecule has 5 heteroatoms. The molecule has 3 rings (SSSR count). The third-order valence-electron chi connectivity index (χ3n) is 4.80. The highest BCUT2D eigenvalue weighted by atomic mass is 16.6. The van der Waals surface area contributed by atoms with Gasteiger partial charge in [0.15, 0.2) is 0 Å². The molecule has 3 atom stereocenters. The summed E-state index contributed by atoms with van der Waals surface area (Å²) in [5.41, 5.74) is 0.739. The molecule has 1 aromatic heterocycles. The Balaban J connectivity index is 1.75. The zero-order valence-corrected chi connectivity index (χ0v) is 12.6. The number of esters is 1. The number of nitriles is 1. The van der Waals surface area contributed by atoms with Crippen molar-refractivity contribution in [2.24, 2.45) is 18.4 Å². The fourth-order valence-corrected chi connectivity index (χ4v) is 3.72. The lowest BCUT2D eigenvalue weighted by molar-refractivity contribution is -0.243. The number of aromatic nitrogens is 1. The highest BCUT2D eigenvalue weighted by Gasteiger charge is 2.60. The van der Waals surface area contributed by atoms with Gasteiger partial charge in [-0.05, 0) is 18.9 Å². The topological polar surface area (TPSA) is 64.2 Å². The van der Waals surface area contributed by atoms with Crippen LogP contribution in [0, 0.1) is 22.7 Å². The summed E-state index contributed by atoms with van der Waals surface area (Å²) >= 11 is 0. The zero-order chi connectivity index (χ0) is 15.2. The minimum atomic E-state index is -0.360. The Morgan fingerprint density at radius 1 is 1.57 bits per heavy atom. The fraction of sp³-hybridized carbons (Fsp3) is 0.625. The highest BCUT2D eigenvalue weighted by Crippen LogP contribution is 2.53. The summed E-state index contributed by atoms with van der Waals surface area (Å²) in [4.78, 5) is 12.4. The lowest BCUT2D eigenvalue weighted by Crippen LogP contribution is -2.65. The van der Waals surface area contributed by atoms with E-state index in [1.165, 1.54) is 0 Å². The van der Waals surface area contributed by atoms with E-state index in [0.29, 0.717) is 17.2 Å². The summed E-state index contributed by atoms with van der Waals surface area (Å²) in [7, 11) is 1.75. The molecule has 21 heavy (non-hydrogen) atoms. The number of hydrogen-bond acceptors (Lipinski definition) is 4. The average molecular weight is 288 g/mol. The van der Waals surface area contributed by atoms with Gasteiger partial charge in [0.05, 0.1) is 11.7 Å². The molecular weight excluding hydrogens is 268 g/mol. The standard InChI is InChI=1S/C16H20N2O3/c1-16(2)13-11(5-4-6-20-13)14(16)21-15(19)12-7-10(8-17)9-18(12)3/h7,9,11,13-14H,4-6H2,1-3H3/t11-,13+,14+/m0/s1. The third-order valence-corrected chi connectivity index (χ3v) is 4.80. The van der Waals surface area contributed by atoms with E-state index in [4.69, 9.17) is 14.7 Å². The molecule has 0 aromatic carbocycles. The maximum atomic E-state index is 12.4. The molecule has 0 unspecified atom stereocenters. The van der Waals surface area contributed by atoms with Gasteiger partial charge in [0.25, 0.3) is 0 Å².